The lowest BCUT2D eigenvalue weighted by Gasteiger charge is -2.02. The molecule has 2 atom stereocenters. The van der Waals surface area contributed by atoms with Crippen LogP contribution < -0.4 is 0 Å². The van der Waals surface area contributed by atoms with E-state index in [0.717, 1.165) is 0 Å². The number of alkyl halides is 1. The molecule has 0 saturated heterocycles. The van der Waals surface area contributed by atoms with Crippen molar-refractivity contribution in [1.29, 1.82) is 0 Å². The Kier molecular flexibility index (Phi) is 1.74. The lowest BCUT2D eigenvalue weighted by molar-refractivity contribution is 0.702. The highest BCUT2D eigenvalue weighted by molar-refractivity contribution is 9.09. The fourth-order valence-corrected chi connectivity index (χ4v) is 1.58. The Morgan fingerprint density at radius 1 is 1.43 bits per heavy atom. The van der Waals surface area contributed by atoms with Gasteiger partial charge in [0.1, 0.15) is 0 Å². The van der Waals surface area contributed by atoms with Crippen LogP contribution in [0.25, 0.3) is 0 Å². The summed E-state index contributed by atoms with van der Waals surface area (Å²) in [5.74, 6) is 0.681. The highest BCUT2D eigenvalue weighted by Crippen LogP contribution is 2.30. The molecular formula is C6H10Br. The Morgan fingerprint density at radius 2 is 2.14 bits per heavy atom. The molecule has 0 aromatic heterocycles. The van der Waals surface area contributed by atoms with Crippen molar-refractivity contribution in [3.63, 3.8) is 0 Å². The summed E-state index contributed by atoms with van der Waals surface area (Å²) in [4.78, 5) is 0.715. The molecule has 0 bridgehead atoms. The highest BCUT2D eigenvalue weighted by atomic mass is 79.9. The van der Waals surface area contributed by atoms with Crippen LogP contribution >= 0.6 is 15.9 Å². The van der Waals surface area contributed by atoms with Gasteiger partial charge in [0, 0.05) is 4.83 Å². The van der Waals surface area contributed by atoms with Crippen LogP contribution in [0.1, 0.15) is 19.3 Å². The van der Waals surface area contributed by atoms with E-state index >= 15 is 0 Å². The maximum absolute atomic E-state index is 3.97. The van der Waals surface area contributed by atoms with Gasteiger partial charge in [-0.3, -0.25) is 0 Å². The van der Waals surface area contributed by atoms with Gasteiger partial charge < -0.3 is 0 Å². The lowest BCUT2D eigenvalue weighted by Crippen LogP contribution is -1.99. The average Bonchev–Trinajstić information content (AvgIpc) is 1.91. The molecule has 7 heavy (non-hydrogen) atoms. The van der Waals surface area contributed by atoms with E-state index in [1.807, 2.05) is 0 Å². The van der Waals surface area contributed by atoms with E-state index in [2.05, 4.69) is 22.9 Å². The molecule has 1 aliphatic carbocycles. The van der Waals surface area contributed by atoms with E-state index in [9.17, 15) is 0 Å². The minimum Gasteiger partial charge on any atom is -0.0888 e. The van der Waals surface area contributed by atoms with Gasteiger partial charge in [-0.15, -0.1) is 0 Å². The van der Waals surface area contributed by atoms with Crippen LogP contribution in [0.4, 0.5) is 0 Å². The quantitative estimate of drug-likeness (QED) is 0.479. The van der Waals surface area contributed by atoms with Gasteiger partial charge in [0.2, 0.25) is 0 Å². The molecular weight excluding hydrogens is 152 g/mol. The van der Waals surface area contributed by atoms with Crippen molar-refractivity contribution >= 4 is 15.9 Å². The molecule has 1 aliphatic rings. The summed E-state index contributed by atoms with van der Waals surface area (Å²) in [6.45, 7) is 3.97. The first-order chi connectivity index (χ1) is 3.30. The second kappa shape index (κ2) is 2.17. The van der Waals surface area contributed by atoms with E-state index in [0.29, 0.717) is 10.7 Å². The molecule has 0 amide bonds. The van der Waals surface area contributed by atoms with E-state index in [-0.39, 0.29) is 0 Å². The molecule has 0 N–H and O–H groups in total. The smallest absolute Gasteiger partial charge is 0.0174 e. The Hall–Kier alpha value is 0.480. The van der Waals surface area contributed by atoms with Crippen LogP contribution in [0.15, 0.2) is 0 Å². The minimum absolute atomic E-state index is 0.681. The van der Waals surface area contributed by atoms with Gasteiger partial charge in [0.25, 0.3) is 0 Å². The third kappa shape index (κ3) is 1.18. The zero-order valence-corrected chi connectivity index (χ0v) is 5.95. The zero-order chi connectivity index (χ0) is 5.28. The van der Waals surface area contributed by atoms with Crippen LogP contribution in [0.2, 0.25) is 0 Å². The van der Waals surface area contributed by atoms with Gasteiger partial charge in [-0.05, 0) is 25.7 Å². The van der Waals surface area contributed by atoms with Gasteiger partial charge in [0.05, 0.1) is 0 Å². The van der Waals surface area contributed by atoms with Crippen LogP contribution in [-0.2, 0) is 0 Å². The van der Waals surface area contributed by atoms with Gasteiger partial charge in [0.15, 0.2) is 0 Å². The Bertz CT molecular complexity index is 53.2. The topological polar surface area (TPSA) is 0 Å². The molecule has 0 aromatic rings. The molecule has 41 valence electrons. The van der Waals surface area contributed by atoms with E-state index in [1.54, 1.807) is 0 Å². The van der Waals surface area contributed by atoms with Crippen molar-refractivity contribution in [3.05, 3.63) is 6.92 Å². The zero-order valence-electron chi connectivity index (χ0n) is 4.36. The first-order valence-corrected chi connectivity index (χ1v) is 3.69. The van der Waals surface area contributed by atoms with Crippen molar-refractivity contribution in [2.24, 2.45) is 5.92 Å². The predicted molar refractivity (Wildman–Crippen MR) is 35.4 cm³/mol. The maximum atomic E-state index is 3.97. The van der Waals surface area contributed by atoms with Crippen LogP contribution in [0.3, 0.4) is 0 Å². The number of halogens is 1. The first-order valence-electron chi connectivity index (χ1n) is 2.78. The fraction of sp³-hybridized carbons (Fsp3) is 0.833. The van der Waals surface area contributed by atoms with Crippen molar-refractivity contribution in [2.75, 3.05) is 0 Å². The van der Waals surface area contributed by atoms with Gasteiger partial charge in [-0.1, -0.05) is 22.4 Å². The standard InChI is InChI=1S/C6H10Br/c1-5-3-2-4-6(5)7/h5-6H,1-4H2. The number of hydrogen-bond donors (Lipinski definition) is 0. The van der Waals surface area contributed by atoms with Crippen molar-refractivity contribution in [3.8, 4) is 0 Å². The molecule has 0 aliphatic heterocycles. The summed E-state index contributed by atoms with van der Waals surface area (Å²) in [6, 6.07) is 0. The maximum Gasteiger partial charge on any atom is 0.0174 e. The molecule has 0 aromatic carbocycles. The molecule has 0 spiro atoms. The molecule has 2 unspecified atom stereocenters. The van der Waals surface area contributed by atoms with Crippen molar-refractivity contribution < 1.29 is 0 Å². The van der Waals surface area contributed by atoms with Crippen molar-refractivity contribution in [2.45, 2.75) is 24.1 Å². The summed E-state index contributed by atoms with van der Waals surface area (Å²) in [6.07, 6.45) is 4.01. The second-order valence-electron chi connectivity index (χ2n) is 2.21. The minimum atomic E-state index is 0.681. The van der Waals surface area contributed by atoms with Gasteiger partial charge in [-0.25, -0.2) is 0 Å². The Morgan fingerprint density at radius 3 is 2.29 bits per heavy atom. The third-order valence-electron chi connectivity index (χ3n) is 1.57. The summed E-state index contributed by atoms with van der Waals surface area (Å²) < 4.78 is 0. The molecule has 1 heteroatoms. The van der Waals surface area contributed by atoms with Crippen LogP contribution in [-0.4, -0.2) is 4.83 Å². The molecule has 0 nitrogen and oxygen atoms in total. The normalized spacial score (nSPS) is 42.0. The summed E-state index contributed by atoms with van der Waals surface area (Å²) in [5.41, 5.74) is 0. The summed E-state index contributed by atoms with van der Waals surface area (Å²) >= 11 is 3.54. The monoisotopic (exact) mass is 161 g/mol. The van der Waals surface area contributed by atoms with Gasteiger partial charge in [-0.2, -0.15) is 0 Å². The van der Waals surface area contributed by atoms with E-state index < -0.39 is 0 Å². The predicted octanol–water partition coefficient (Wildman–Crippen LogP) is 2.38. The van der Waals surface area contributed by atoms with E-state index in [4.69, 9.17) is 0 Å². The molecule has 1 rings (SSSR count). The molecule has 1 radical (unpaired) electrons. The van der Waals surface area contributed by atoms with Crippen molar-refractivity contribution in [1.82, 2.24) is 0 Å². The lowest BCUT2D eigenvalue weighted by atomic mass is 10.1. The summed E-state index contributed by atoms with van der Waals surface area (Å²) in [5, 5.41) is 0. The second-order valence-corrected chi connectivity index (χ2v) is 3.38. The molecule has 1 saturated carbocycles. The van der Waals surface area contributed by atoms with Crippen LogP contribution in [0.5, 0.6) is 0 Å². The number of rotatable bonds is 0. The van der Waals surface area contributed by atoms with Gasteiger partial charge >= 0.3 is 0 Å². The third-order valence-corrected chi connectivity index (χ3v) is 2.77. The molecule has 0 heterocycles. The average molecular weight is 162 g/mol. The SMILES string of the molecule is [CH2]C1CCCC1Br. The molecule has 1 fully saturated rings. The summed E-state index contributed by atoms with van der Waals surface area (Å²) in [7, 11) is 0. The Balaban J connectivity index is 2.33. The highest BCUT2D eigenvalue weighted by Gasteiger charge is 2.19. The van der Waals surface area contributed by atoms with Crippen LogP contribution in [0, 0.1) is 12.8 Å². The fourth-order valence-electron chi connectivity index (χ4n) is 0.992. The largest absolute Gasteiger partial charge is 0.0888 e. The Labute approximate surface area is 53.4 Å². The first kappa shape index (κ1) is 5.61. The number of hydrogen-bond acceptors (Lipinski definition) is 0. The van der Waals surface area contributed by atoms with E-state index in [1.165, 1.54) is 19.3 Å².